The monoisotopic (exact) mass is 284 g/mol. The number of aryl methyl sites for hydroxylation is 2. The van der Waals surface area contributed by atoms with Crippen LogP contribution in [0.15, 0.2) is 9.64 Å². The molecule has 1 aromatic rings. The fraction of sp³-hybridized carbons (Fsp3) is 0.692. The maximum Gasteiger partial charge on any atom is 0.326 e. The zero-order valence-corrected chi connectivity index (χ0v) is 12.4. The molecule has 6 heteroatoms. The van der Waals surface area contributed by atoms with Gasteiger partial charge < -0.3 is 14.9 Å². The number of hydrogen-bond acceptors (Lipinski definition) is 6. The van der Waals surface area contributed by atoms with Crippen molar-refractivity contribution in [2.45, 2.75) is 56.0 Å². The quantitative estimate of drug-likeness (QED) is 0.854. The van der Waals surface area contributed by atoms with Gasteiger partial charge in [-0.1, -0.05) is 11.8 Å². The van der Waals surface area contributed by atoms with Crippen LogP contribution in [0.4, 0.5) is 0 Å². The van der Waals surface area contributed by atoms with Crippen molar-refractivity contribution in [3.05, 3.63) is 11.5 Å². The first-order chi connectivity index (χ1) is 8.94. The van der Waals surface area contributed by atoms with Gasteiger partial charge in [-0.15, -0.1) is 0 Å². The van der Waals surface area contributed by atoms with Crippen molar-refractivity contribution in [2.75, 3.05) is 6.61 Å². The second-order valence-electron chi connectivity index (χ2n) is 4.98. The highest BCUT2D eigenvalue weighted by atomic mass is 32.2. The molecule has 1 aromatic heterocycles. The summed E-state index contributed by atoms with van der Waals surface area (Å²) in [6, 6.07) is 0. The number of rotatable bonds is 4. The molecule has 1 saturated carbocycles. The summed E-state index contributed by atoms with van der Waals surface area (Å²) in [4.78, 5) is 16.2. The van der Waals surface area contributed by atoms with E-state index >= 15 is 0 Å². The van der Waals surface area contributed by atoms with Gasteiger partial charge in [0, 0.05) is 5.25 Å². The zero-order valence-electron chi connectivity index (χ0n) is 11.6. The number of ether oxygens (including phenoxy) is 1. The summed E-state index contributed by atoms with van der Waals surface area (Å²) >= 11 is 1.56. The molecule has 0 radical (unpaired) electrons. The van der Waals surface area contributed by atoms with Crippen molar-refractivity contribution in [3.8, 4) is 0 Å². The van der Waals surface area contributed by atoms with Crippen LogP contribution in [0, 0.1) is 13.8 Å². The third-order valence-electron chi connectivity index (χ3n) is 3.46. The Kier molecular flexibility index (Phi) is 4.20. The molecule has 0 aromatic carbocycles. The van der Waals surface area contributed by atoms with Crippen molar-refractivity contribution >= 4 is 17.7 Å². The Morgan fingerprint density at radius 2 is 2.37 bits per heavy atom. The molecule has 1 aliphatic carbocycles. The van der Waals surface area contributed by atoms with E-state index in [4.69, 9.17) is 14.9 Å². The number of nitrogens with zero attached hydrogens (tertiary/aromatic N) is 1. The second-order valence-corrected chi connectivity index (χ2v) is 6.23. The van der Waals surface area contributed by atoms with Crippen LogP contribution in [-0.4, -0.2) is 28.3 Å². The maximum absolute atomic E-state index is 11.8. The number of aromatic nitrogens is 1. The van der Waals surface area contributed by atoms with Gasteiger partial charge >= 0.3 is 5.97 Å². The van der Waals surface area contributed by atoms with E-state index in [-0.39, 0.29) is 11.2 Å². The van der Waals surface area contributed by atoms with Gasteiger partial charge in [0.1, 0.15) is 11.3 Å². The molecule has 2 atom stereocenters. The van der Waals surface area contributed by atoms with Gasteiger partial charge in [0.15, 0.2) is 0 Å². The lowest BCUT2D eigenvalue weighted by molar-refractivity contribution is -0.149. The average molecular weight is 284 g/mol. The van der Waals surface area contributed by atoms with E-state index in [9.17, 15) is 4.79 Å². The van der Waals surface area contributed by atoms with Crippen LogP contribution in [-0.2, 0) is 9.53 Å². The minimum atomic E-state index is -0.843. The molecule has 0 bridgehead atoms. The summed E-state index contributed by atoms with van der Waals surface area (Å²) in [6.07, 6.45) is 2.14. The normalized spacial score (nSPS) is 26.6. The minimum Gasteiger partial charge on any atom is -0.465 e. The summed E-state index contributed by atoms with van der Waals surface area (Å²) in [7, 11) is 0. The molecule has 106 valence electrons. The maximum atomic E-state index is 11.8. The second kappa shape index (κ2) is 5.54. The molecule has 1 fully saturated rings. The van der Waals surface area contributed by atoms with Crippen LogP contribution in [0.2, 0.25) is 0 Å². The molecular weight excluding hydrogens is 264 g/mol. The molecule has 2 rings (SSSR count). The van der Waals surface area contributed by atoms with Gasteiger partial charge in [0.05, 0.1) is 12.3 Å². The van der Waals surface area contributed by atoms with Gasteiger partial charge in [0.25, 0.3) is 5.22 Å². The summed E-state index contributed by atoms with van der Waals surface area (Å²) in [6.45, 7) is 5.98. The van der Waals surface area contributed by atoms with Crippen molar-refractivity contribution < 1.29 is 13.9 Å². The number of carbonyl (C=O) groups excluding carboxylic acids is 1. The highest BCUT2D eigenvalue weighted by Gasteiger charge is 2.44. The van der Waals surface area contributed by atoms with Crippen molar-refractivity contribution in [2.24, 2.45) is 5.73 Å². The third kappa shape index (κ3) is 3.12. The predicted octanol–water partition coefficient (Wildman–Crippen LogP) is 2.20. The van der Waals surface area contributed by atoms with Gasteiger partial charge in [-0.05, 0) is 40.0 Å². The van der Waals surface area contributed by atoms with E-state index in [0.717, 1.165) is 17.9 Å². The fourth-order valence-electron chi connectivity index (χ4n) is 2.23. The first kappa shape index (κ1) is 14.4. The number of thioether (sulfide) groups is 1. The zero-order chi connectivity index (χ0) is 14.0. The Morgan fingerprint density at radius 3 is 2.95 bits per heavy atom. The molecule has 2 unspecified atom stereocenters. The topological polar surface area (TPSA) is 78.4 Å². The Hall–Kier alpha value is -1.01. The molecule has 19 heavy (non-hydrogen) atoms. The Bertz CT molecular complexity index is 455. The van der Waals surface area contributed by atoms with Gasteiger partial charge in [-0.3, -0.25) is 4.79 Å². The summed E-state index contributed by atoms with van der Waals surface area (Å²) in [5, 5.41) is 0.917. The number of oxazole rings is 1. The van der Waals surface area contributed by atoms with E-state index in [2.05, 4.69) is 4.98 Å². The predicted molar refractivity (Wildman–Crippen MR) is 73.0 cm³/mol. The summed E-state index contributed by atoms with van der Waals surface area (Å²) in [5.41, 5.74) is 6.19. The van der Waals surface area contributed by atoms with E-state index in [0.29, 0.717) is 24.7 Å². The SMILES string of the molecule is CCOC(=O)C1(N)CCC(Sc2nc(C)c(C)o2)C1. The highest BCUT2D eigenvalue weighted by Crippen LogP contribution is 2.39. The average Bonchev–Trinajstić information content (AvgIpc) is 2.85. The minimum absolute atomic E-state index is 0.256. The van der Waals surface area contributed by atoms with E-state index in [1.165, 1.54) is 0 Å². The van der Waals surface area contributed by atoms with E-state index in [1.807, 2.05) is 13.8 Å². The molecule has 0 spiro atoms. The highest BCUT2D eigenvalue weighted by molar-refractivity contribution is 7.99. The molecule has 0 saturated heterocycles. The van der Waals surface area contributed by atoms with Crippen LogP contribution in [0.5, 0.6) is 0 Å². The molecule has 0 aliphatic heterocycles. The van der Waals surface area contributed by atoms with Crippen LogP contribution < -0.4 is 5.73 Å². The molecule has 2 N–H and O–H groups in total. The van der Waals surface area contributed by atoms with Crippen LogP contribution in [0.1, 0.15) is 37.6 Å². The fourth-order valence-corrected chi connectivity index (χ4v) is 3.49. The number of nitrogens with two attached hydrogens (primary N) is 1. The van der Waals surface area contributed by atoms with E-state index in [1.54, 1.807) is 18.7 Å². The van der Waals surface area contributed by atoms with Crippen LogP contribution in [0.25, 0.3) is 0 Å². The van der Waals surface area contributed by atoms with Crippen LogP contribution in [0.3, 0.4) is 0 Å². The first-order valence-electron chi connectivity index (χ1n) is 6.51. The Balaban J connectivity index is 1.96. The first-order valence-corrected chi connectivity index (χ1v) is 7.39. The third-order valence-corrected chi connectivity index (χ3v) is 4.57. The number of hydrogen-bond donors (Lipinski definition) is 1. The largest absolute Gasteiger partial charge is 0.465 e. The number of carbonyl (C=O) groups is 1. The number of esters is 1. The molecular formula is C13H20N2O3S. The lowest BCUT2D eigenvalue weighted by Gasteiger charge is -2.21. The Labute approximate surface area is 117 Å². The summed E-state index contributed by atoms with van der Waals surface area (Å²) in [5.74, 6) is 0.544. The standard InChI is InChI=1S/C13H20N2O3S/c1-4-17-11(16)13(14)6-5-10(7-13)19-12-15-8(2)9(3)18-12/h10H,4-7,14H2,1-3H3. The molecule has 1 aliphatic rings. The molecule has 0 amide bonds. The molecule has 5 nitrogen and oxygen atoms in total. The van der Waals surface area contributed by atoms with Crippen molar-refractivity contribution in [1.82, 2.24) is 4.98 Å². The smallest absolute Gasteiger partial charge is 0.326 e. The Morgan fingerprint density at radius 1 is 1.63 bits per heavy atom. The molecule has 1 heterocycles. The lowest BCUT2D eigenvalue weighted by Crippen LogP contribution is -2.47. The van der Waals surface area contributed by atoms with Gasteiger partial charge in [-0.2, -0.15) is 0 Å². The van der Waals surface area contributed by atoms with Gasteiger partial charge in [0.2, 0.25) is 0 Å². The summed E-state index contributed by atoms with van der Waals surface area (Å²) < 4.78 is 10.6. The van der Waals surface area contributed by atoms with Crippen LogP contribution >= 0.6 is 11.8 Å². The van der Waals surface area contributed by atoms with E-state index < -0.39 is 5.54 Å². The van der Waals surface area contributed by atoms with Crippen molar-refractivity contribution in [3.63, 3.8) is 0 Å². The lowest BCUT2D eigenvalue weighted by atomic mass is 10.00. The van der Waals surface area contributed by atoms with Gasteiger partial charge in [-0.25, -0.2) is 4.98 Å². The van der Waals surface area contributed by atoms with Crippen molar-refractivity contribution in [1.29, 1.82) is 0 Å².